The molecule has 1 aromatic heterocycles. The molecule has 1 atom stereocenters. The number of amides is 1. The number of rotatable bonds is 3. The van der Waals surface area contributed by atoms with Crippen molar-refractivity contribution in [3.63, 3.8) is 0 Å². The minimum Gasteiger partial charge on any atom is -0.444 e. The summed E-state index contributed by atoms with van der Waals surface area (Å²) in [5, 5.41) is 0.976. The Balaban J connectivity index is 2.41. The van der Waals surface area contributed by atoms with E-state index in [0.717, 1.165) is 17.2 Å². The van der Waals surface area contributed by atoms with Crippen LogP contribution in [-0.2, 0) is 15.1 Å². The van der Waals surface area contributed by atoms with Crippen molar-refractivity contribution >= 4 is 23.3 Å². The molecule has 1 heterocycles. The van der Waals surface area contributed by atoms with Gasteiger partial charge >= 0.3 is 6.09 Å². The van der Waals surface area contributed by atoms with Crippen LogP contribution in [0.4, 0.5) is 4.79 Å². The first-order chi connectivity index (χ1) is 10.7. The van der Waals surface area contributed by atoms with Crippen LogP contribution in [0.3, 0.4) is 0 Å². The summed E-state index contributed by atoms with van der Waals surface area (Å²) in [6.45, 7) is 7.05. The highest BCUT2D eigenvalue weighted by molar-refractivity contribution is 5.83. The first kappa shape index (κ1) is 16.9. The highest BCUT2D eigenvalue weighted by Gasteiger charge is 2.36. The quantitative estimate of drug-likeness (QED) is 0.813. The Bertz CT molecular complexity index is 736. The summed E-state index contributed by atoms with van der Waals surface area (Å²) in [6, 6.07) is 9.35. The lowest BCUT2D eigenvalue weighted by molar-refractivity contribution is -0.117. The number of ether oxygens (including phenoxy) is 1. The van der Waals surface area contributed by atoms with Crippen LogP contribution in [0.1, 0.15) is 33.3 Å². The standard InChI is InChI=1S/C18H22N2O3/c1-17(2,3)23-16(22)20(5)18(4,12-21)14-9-8-13-7-6-10-19-15(13)11-14/h6-12H,1-5H3. The molecule has 23 heavy (non-hydrogen) atoms. The number of likely N-dealkylation sites (N-methyl/N-ethyl adjacent to an activating group) is 1. The maximum atomic E-state index is 12.3. The van der Waals surface area contributed by atoms with E-state index in [0.29, 0.717) is 5.56 Å². The van der Waals surface area contributed by atoms with Crippen molar-refractivity contribution in [1.82, 2.24) is 9.88 Å². The van der Waals surface area contributed by atoms with E-state index in [2.05, 4.69) is 4.98 Å². The Morgan fingerprint density at radius 2 is 1.91 bits per heavy atom. The predicted octanol–water partition coefficient (Wildman–Crippen LogP) is 3.52. The van der Waals surface area contributed by atoms with Crippen molar-refractivity contribution in [3.05, 3.63) is 42.1 Å². The lowest BCUT2D eigenvalue weighted by atomic mass is 9.91. The molecule has 0 saturated heterocycles. The Labute approximate surface area is 136 Å². The van der Waals surface area contributed by atoms with Crippen molar-refractivity contribution in [2.24, 2.45) is 0 Å². The molecule has 122 valence electrons. The Hall–Kier alpha value is -2.43. The highest BCUT2D eigenvalue weighted by Crippen LogP contribution is 2.28. The highest BCUT2D eigenvalue weighted by atomic mass is 16.6. The summed E-state index contributed by atoms with van der Waals surface area (Å²) in [4.78, 5) is 29.8. The van der Waals surface area contributed by atoms with Crippen LogP contribution in [0, 0.1) is 0 Å². The second-order valence-electron chi connectivity index (χ2n) is 6.72. The van der Waals surface area contributed by atoms with Gasteiger partial charge in [-0.2, -0.15) is 0 Å². The van der Waals surface area contributed by atoms with Crippen LogP contribution < -0.4 is 0 Å². The molecule has 1 unspecified atom stereocenters. The first-order valence-corrected chi connectivity index (χ1v) is 7.46. The van der Waals surface area contributed by atoms with Crippen LogP contribution in [0.25, 0.3) is 10.9 Å². The number of carbonyl (C=O) groups excluding carboxylic acids is 2. The van der Waals surface area contributed by atoms with Gasteiger partial charge < -0.3 is 9.53 Å². The fourth-order valence-electron chi connectivity index (χ4n) is 2.24. The molecule has 0 aliphatic heterocycles. The molecule has 5 nitrogen and oxygen atoms in total. The number of hydrogen-bond acceptors (Lipinski definition) is 4. The monoisotopic (exact) mass is 314 g/mol. The van der Waals surface area contributed by atoms with Crippen molar-refractivity contribution in [2.75, 3.05) is 7.05 Å². The van der Waals surface area contributed by atoms with Gasteiger partial charge in [-0.3, -0.25) is 9.88 Å². The van der Waals surface area contributed by atoms with Gasteiger partial charge in [-0.25, -0.2) is 4.79 Å². The molecule has 2 aromatic rings. The van der Waals surface area contributed by atoms with Gasteiger partial charge in [0.2, 0.25) is 0 Å². The van der Waals surface area contributed by atoms with Crippen LogP contribution in [0.15, 0.2) is 36.5 Å². The van der Waals surface area contributed by atoms with E-state index in [1.807, 2.05) is 30.3 Å². The van der Waals surface area contributed by atoms with Crippen LogP contribution in [-0.4, -0.2) is 34.9 Å². The molecule has 0 spiro atoms. The fraction of sp³-hybridized carbons (Fsp3) is 0.389. The van der Waals surface area contributed by atoms with E-state index < -0.39 is 17.2 Å². The average molecular weight is 314 g/mol. The number of fused-ring (bicyclic) bond motifs is 1. The second-order valence-corrected chi connectivity index (χ2v) is 6.72. The molecule has 0 saturated carbocycles. The number of carbonyl (C=O) groups is 2. The largest absolute Gasteiger partial charge is 0.444 e. The molecule has 0 N–H and O–H groups in total. The second kappa shape index (κ2) is 5.99. The van der Waals surface area contributed by atoms with E-state index in [-0.39, 0.29) is 0 Å². The molecular formula is C18H22N2O3. The maximum absolute atomic E-state index is 12.3. The van der Waals surface area contributed by atoms with E-state index in [9.17, 15) is 9.59 Å². The number of hydrogen-bond donors (Lipinski definition) is 0. The van der Waals surface area contributed by atoms with Crippen molar-refractivity contribution in [3.8, 4) is 0 Å². The lowest BCUT2D eigenvalue weighted by Crippen LogP contribution is -2.48. The predicted molar refractivity (Wildman–Crippen MR) is 89.2 cm³/mol. The topological polar surface area (TPSA) is 59.5 Å². The van der Waals surface area contributed by atoms with Gasteiger partial charge in [0, 0.05) is 18.6 Å². The molecule has 0 bridgehead atoms. The Kier molecular flexibility index (Phi) is 4.41. The molecule has 0 aliphatic carbocycles. The Morgan fingerprint density at radius 1 is 1.22 bits per heavy atom. The van der Waals surface area contributed by atoms with Crippen molar-refractivity contribution < 1.29 is 14.3 Å². The van der Waals surface area contributed by atoms with Gasteiger partial charge in [-0.05, 0) is 45.4 Å². The number of benzene rings is 1. The molecule has 0 aliphatic rings. The smallest absolute Gasteiger partial charge is 0.411 e. The summed E-state index contributed by atoms with van der Waals surface area (Å²) in [6.07, 6.45) is 1.90. The zero-order valence-corrected chi connectivity index (χ0v) is 14.2. The molecule has 0 fully saturated rings. The third-order valence-corrected chi connectivity index (χ3v) is 3.78. The maximum Gasteiger partial charge on any atom is 0.411 e. The summed E-state index contributed by atoms with van der Waals surface area (Å²) < 4.78 is 5.37. The average Bonchev–Trinajstić information content (AvgIpc) is 2.51. The molecule has 5 heteroatoms. The van der Waals surface area contributed by atoms with Gasteiger partial charge in [-0.1, -0.05) is 18.2 Å². The van der Waals surface area contributed by atoms with Crippen LogP contribution in [0.2, 0.25) is 0 Å². The molecule has 2 rings (SSSR count). The zero-order chi connectivity index (χ0) is 17.3. The number of aldehydes is 1. The van der Waals surface area contributed by atoms with E-state index in [1.54, 1.807) is 40.9 Å². The Morgan fingerprint density at radius 3 is 2.52 bits per heavy atom. The summed E-state index contributed by atoms with van der Waals surface area (Å²) in [5.41, 5.74) is -0.295. The number of nitrogens with zero attached hydrogens (tertiary/aromatic N) is 2. The molecule has 1 aromatic carbocycles. The van der Waals surface area contributed by atoms with Gasteiger partial charge in [0.05, 0.1) is 5.52 Å². The third kappa shape index (κ3) is 3.50. The van der Waals surface area contributed by atoms with Crippen molar-refractivity contribution in [1.29, 1.82) is 0 Å². The number of aromatic nitrogens is 1. The van der Waals surface area contributed by atoms with Crippen molar-refractivity contribution in [2.45, 2.75) is 38.8 Å². The van der Waals surface area contributed by atoms with Gasteiger partial charge in [0.15, 0.2) is 0 Å². The SMILES string of the molecule is CN(C(=O)OC(C)(C)C)C(C)(C=O)c1ccc2cccnc2c1. The zero-order valence-electron chi connectivity index (χ0n) is 14.2. The van der Waals surface area contributed by atoms with Crippen LogP contribution >= 0.6 is 0 Å². The third-order valence-electron chi connectivity index (χ3n) is 3.78. The van der Waals surface area contributed by atoms with Gasteiger partial charge in [-0.15, -0.1) is 0 Å². The fourth-order valence-corrected chi connectivity index (χ4v) is 2.24. The molecular weight excluding hydrogens is 292 g/mol. The first-order valence-electron chi connectivity index (χ1n) is 7.46. The molecule has 1 amide bonds. The summed E-state index contributed by atoms with van der Waals surface area (Å²) >= 11 is 0. The minimum absolute atomic E-state index is 0.548. The molecule has 0 radical (unpaired) electrons. The lowest BCUT2D eigenvalue weighted by Gasteiger charge is -2.35. The summed E-state index contributed by atoms with van der Waals surface area (Å²) in [7, 11) is 1.56. The van der Waals surface area contributed by atoms with Gasteiger partial charge in [0.25, 0.3) is 0 Å². The summed E-state index contributed by atoms with van der Waals surface area (Å²) in [5.74, 6) is 0. The van der Waals surface area contributed by atoms with Gasteiger partial charge in [0.1, 0.15) is 17.4 Å². The minimum atomic E-state index is -1.13. The van der Waals surface area contributed by atoms with E-state index in [4.69, 9.17) is 4.74 Å². The number of pyridine rings is 1. The van der Waals surface area contributed by atoms with E-state index in [1.165, 1.54) is 4.90 Å². The van der Waals surface area contributed by atoms with Crippen LogP contribution in [0.5, 0.6) is 0 Å². The normalized spacial score (nSPS) is 14.1. The van der Waals surface area contributed by atoms with E-state index >= 15 is 0 Å².